The van der Waals surface area contributed by atoms with E-state index in [0.29, 0.717) is 11.3 Å². The number of imide groups is 1. The predicted molar refractivity (Wildman–Crippen MR) is 85.0 cm³/mol. The molecule has 0 atom stereocenters. The molecule has 0 saturated heterocycles. The van der Waals surface area contributed by atoms with Crippen LogP contribution in [0.3, 0.4) is 0 Å². The highest BCUT2D eigenvalue weighted by molar-refractivity contribution is 7.90. The summed E-state index contributed by atoms with van der Waals surface area (Å²) in [5.74, 6) is -0.243. The average Bonchev–Trinajstić information content (AvgIpc) is 2.80. The van der Waals surface area contributed by atoms with Crippen LogP contribution in [0.5, 0.6) is 5.75 Å². The van der Waals surface area contributed by atoms with Crippen molar-refractivity contribution in [1.29, 1.82) is 0 Å². The van der Waals surface area contributed by atoms with Gasteiger partial charge < -0.3 is 10.1 Å². The number of rotatable bonds is 3. The van der Waals surface area contributed by atoms with E-state index in [2.05, 4.69) is 5.32 Å². The van der Waals surface area contributed by atoms with Gasteiger partial charge in [-0.25, -0.2) is 13.2 Å². The van der Waals surface area contributed by atoms with Gasteiger partial charge in [0.1, 0.15) is 10.6 Å². The van der Waals surface area contributed by atoms with Crippen molar-refractivity contribution in [2.45, 2.75) is 11.4 Å². The maximum absolute atomic E-state index is 12.4. The van der Waals surface area contributed by atoms with E-state index >= 15 is 0 Å². The molecule has 0 radical (unpaired) electrons. The lowest BCUT2D eigenvalue weighted by molar-refractivity contribution is 0.0893. The standard InChI is InChI=1S/C16H14N2O5S/c1-23-12-6-4-5-11(9-12)10-17-16(20)18-15(19)13-7-2-3-8-14(13)24(18,21)22/h2-9H,10H2,1H3,(H,17,20). The molecule has 8 heteroatoms. The van der Waals surface area contributed by atoms with Crippen molar-refractivity contribution in [1.82, 2.24) is 9.62 Å². The van der Waals surface area contributed by atoms with Crippen LogP contribution in [0.1, 0.15) is 15.9 Å². The summed E-state index contributed by atoms with van der Waals surface area (Å²) in [5, 5.41) is 2.44. The van der Waals surface area contributed by atoms with Gasteiger partial charge in [-0.05, 0) is 29.8 Å². The van der Waals surface area contributed by atoms with Gasteiger partial charge in [-0.2, -0.15) is 0 Å². The Hall–Kier alpha value is -2.87. The van der Waals surface area contributed by atoms with E-state index in [1.54, 1.807) is 30.3 Å². The highest BCUT2D eigenvalue weighted by atomic mass is 32.2. The van der Waals surface area contributed by atoms with Gasteiger partial charge in [0.05, 0.1) is 12.7 Å². The molecule has 0 fully saturated rings. The summed E-state index contributed by atoms with van der Waals surface area (Å²) in [6.45, 7) is 0.0612. The van der Waals surface area contributed by atoms with Gasteiger partial charge in [0.15, 0.2) is 0 Å². The minimum Gasteiger partial charge on any atom is -0.497 e. The lowest BCUT2D eigenvalue weighted by Crippen LogP contribution is -2.43. The number of hydrogen-bond donors (Lipinski definition) is 1. The topological polar surface area (TPSA) is 92.8 Å². The van der Waals surface area contributed by atoms with Crippen molar-refractivity contribution in [3.05, 3.63) is 59.7 Å². The second-order valence-electron chi connectivity index (χ2n) is 5.08. The van der Waals surface area contributed by atoms with Crippen molar-refractivity contribution < 1.29 is 22.7 Å². The van der Waals surface area contributed by atoms with Crippen LogP contribution in [-0.2, 0) is 16.6 Å². The van der Waals surface area contributed by atoms with E-state index in [-0.39, 0.29) is 21.3 Å². The van der Waals surface area contributed by atoms with Crippen molar-refractivity contribution in [2.75, 3.05) is 7.11 Å². The van der Waals surface area contributed by atoms with Crippen LogP contribution < -0.4 is 10.1 Å². The van der Waals surface area contributed by atoms with Crippen LogP contribution in [0.15, 0.2) is 53.4 Å². The van der Waals surface area contributed by atoms with Crippen molar-refractivity contribution >= 4 is 22.0 Å². The summed E-state index contributed by atoms with van der Waals surface area (Å²) in [5.41, 5.74) is 0.707. The molecular weight excluding hydrogens is 332 g/mol. The summed E-state index contributed by atoms with van der Waals surface area (Å²) < 4.78 is 30.1. The molecule has 0 spiro atoms. The molecule has 0 saturated carbocycles. The van der Waals surface area contributed by atoms with Crippen LogP contribution in [0.2, 0.25) is 0 Å². The predicted octanol–water partition coefficient (Wildman–Crippen LogP) is 1.75. The molecule has 0 aliphatic carbocycles. The second-order valence-corrected chi connectivity index (χ2v) is 6.84. The van der Waals surface area contributed by atoms with Crippen molar-refractivity contribution in [2.24, 2.45) is 0 Å². The monoisotopic (exact) mass is 346 g/mol. The molecule has 1 aliphatic heterocycles. The number of fused-ring (bicyclic) bond motifs is 1. The highest BCUT2D eigenvalue weighted by Gasteiger charge is 2.45. The SMILES string of the molecule is COc1cccc(CNC(=O)N2C(=O)c3ccccc3S2(=O)=O)c1. The van der Waals surface area contributed by atoms with Gasteiger partial charge in [0.2, 0.25) is 0 Å². The largest absolute Gasteiger partial charge is 0.497 e. The Kier molecular flexibility index (Phi) is 3.98. The van der Waals surface area contributed by atoms with Gasteiger partial charge in [0, 0.05) is 6.54 Å². The summed E-state index contributed by atoms with van der Waals surface area (Å²) in [7, 11) is -2.65. The van der Waals surface area contributed by atoms with Crippen LogP contribution in [0.4, 0.5) is 4.79 Å². The zero-order valence-corrected chi connectivity index (χ0v) is 13.5. The summed E-state index contributed by atoms with van der Waals surface area (Å²) in [4.78, 5) is 24.3. The molecule has 1 heterocycles. The zero-order valence-electron chi connectivity index (χ0n) is 12.7. The highest BCUT2D eigenvalue weighted by Crippen LogP contribution is 2.29. The maximum Gasteiger partial charge on any atom is 0.339 e. The fourth-order valence-electron chi connectivity index (χ4n) is 2.42. The molecule has 24 heavy (non-hydrogen) atoms. The molecule has 1 N–H and O–H groups in total. The number of urea groups is 1. The lowest BCUT2D eigenvalue weighted by atomic mass is 10.2. The first kappa shape index (κ1) is 16.0. The molecular formula is C16H14N2O5S. The number of nitrogens with one attached hydrogen (secondary N) is 1. The van der Waals surface area contributed by atoms with E-state index < -0.39 is 22.0 Å². The van der Waals surface area contributed by atoms with Gasteiger partial charge in [-0.15, -0.1) is 4.31 Å². The third-order valence-electron chi connectivity index (χ3n) is 3.58. The van der Waals surface area contributed by atoms with E-state index in [4.69, 9.17) is 4.74 Å². The first-order chi connectivity index (χ1) is 11.4. The number of methoxy groups -OCH3 is 1. The van der Waals surface area contributed by atoms with Crippen molar-refractivity contribution in [3.63, 3.8) is 0 Å². The molecule has 2 aromatic carbocycles. The third-order valence-corrected chi connectivity index (χ3v) is 5.31. The Morgan fingerprint density at radius 2 is 1.92 bits per heavy atom. The Morgan fingerprint density at radius 1 is 1.17 bits per heavy atom. The zero-order chi connectivity index (χ0) is 17.3. The quantitative estimate of drug-likeness (QED) is 0.914. The minimum absolute atomic E-state index is 0.00553. The van der Waals surface area contributed by atoms with Crippen molar-refractivity contribution in [3.8, 4) is 5.75 Å². The van der Waals surface area contributed by atoms with E-state index in [0.717, 1.165) is 0 Å². The average molecular weight is 346 g/mol. The number of amides is 3. The Morgan fingerprint density at radius 3 is 2.62 bits per heavy atom. The van der Waals surface area contributed by atoms with Crippen LogP contribution in [-0.4, -0.2) is 31.8 Å². The van der Waals surface area contributed by atoms with Gasteiger partial charge in [-0.3, -0.25) is 4.79 Å². The molecule has 3 amide bonds. The maximum atomic E-state index is 12.4. The summed E-state index contributed by atoms with van der Waals surface area (Å²) in [6, 6.07) is 11.7. The number of benzene rings is 2. The van der Waals surface area contributed by atoms with Gasteiger partial charge >= 0.3 is 6.03 Å². The summed E-state index contributed by atoms with van der Waals surface area (Å²) >= 11 is 0. The number of sulfonamides is 1. The second kappa shape index (κ2) is 5.97. The van der Waals surface area contributed by atoms with Gasteiger partial charge in [0.25, 0.3) is 15.9 Å². The fourth-order valence-corrected chi connectivity index (χ4v) is 3.90. The summed E-state index contributed by atoms with van der Waals surface area (Å²) in [6.07, 6.45) is 0. The molecule has 3 rings (SSSR count). The molecule has 0 bridgehead atoms. The number of nitrogens with zero attached hydrogens (tertiary/aromatic N) is 1. The minimum atomic E-state index is -4.16. The molecule has 0 unspecified atom stereocenters. The number of ether oxygens (including phenoxy) is 1. The Balaban J connectivity index is 1.80. The normalized spacial score (nSPS) is 15.0. The Labute approximate surface area is 138 Å². The van der Waals surface area contributed by atoms with Crippen LogP contribution >= 0.6 is 0 Å². The molecule has 1 aliphatic rings. The van der Waals surface area contributed by atoms with E-state index in [1.807, 2.05) is 0 Å². The van der Waals surface area contributed by atoms with Crippen LogP contribution in [0.25, 0.3) is 0 Å². The van der Waals surface area contributed by atoms with E-state index in [9.17, 15) is 18.0 Å². The number of carbonyl (C=O) groups excluding carboxylic acids is 2. The first-order valence-corrected chi connectivity index (χ1v) is 8.48. The fraction of sp³-hybridized carbons (Fsp3) is 0.125. The Bertz CT molecular complexity index is 924. The molecule has 2 aromatic rings. The first-order valence-electron chi connectivity index (χ1n) is 7.04. The smallest absolute Gasteiger partial charge is 0.339 e. The molecule has 7 nitrogen and oxygen atoms in total. The number of carbonyl (C=O) groups is 2. The van der Waals surface area contributed by atoms with Crippen LogP contribution in [0, 0.1) is 0 Å². The third kappa shape index (κ3) is 2.61. The molecule has 0 aromatic heterocycles. The number of hydrogen-bond acceptors (Lipinski definition) is 5. The molecule has 124 valence electrons. The van der Waals surface area contributed by atoms with E-state index in [1.165, 1.54) is 25.3 Å². The van der Waals surface area contributed by atoms with Gasteiger partial charge in [-0.1, -0.05) is 24.3 Å². The lowest BCUT2D eigenvalue weighted by Gasteiger charge is -2.14.